The van der Waals surface area contributed by atoms with Gasteiger partial charge in [0.2, 0.25) is 0 Å². The van der Waals surface area contributed by atoms with Crippen molar-refractivity contribution >= 4 is 79.7 Å². The minimum Gasteiger partial charge on any atom is -0.490 e. The molecular weight excluding hydrogens is 639 g/mol. The van der Waals surface area contributed by atoms with Crippen molar-refractivity contribution in [3.05, 3.63) is 90.2 Å². The molecule has 0 spiro atoms. The Kier molecular flexibility index (Phi) is 9.84. The van der Waals surface area contributed by atoms with Gasteiger partial charge in [0, 0.05) is 5.69 Å². The summed E-state index contributed by atoms with van der Waals surface area (Å²) < 4.78 is 12.1. The van der Waals surface area contributed by atoms with Gasteiger partial charge >= 0.3 is 0 Å². The van der Waals surface area contributed by atoms with Crippen molar-refractivity contribution in [2.45, 2.75) is 27.3 Å². The number of aryl methyl sites for hydroxylation is 2. The number of nitrogens with zero attached hydrogens (tertiary/aromatic N) is 1. The predicted molar refractivity (Wildman–Crippen MR) is 163 cm³/mol. The number of carbonyl (C=O) groups excluding carboxylic acids is 3. The second-order valence-electron chi connectivity index (χ2n) is 8.93. The van der Waals surface area contributed by atoms with Crippen LogP contribution < -0.4 is 14.8 Å². The van der Waals surface area contributed by atoms with Crippen LogP contribution in [0.4, 0.5) is 10.5 Å². The van der Waals surface area contributed by atoms with E-state index >= 15 is 0 Å². The Labute approximate surface area is 254 Å². The third kappa shape index (κ3) is 7.20. The Hall–Kier alpha value is -2.98. The molecule has 4 rings (SSSR count). The molecule has 0 atom stereocenters. The van der Waals surface area contributed by atoms with Crippen LogP contribution in [0.15, 0.2) is 57.9 Å². The van der Waals surface area contributed by atoms with E-state index in [4.69, 9.17) is 32.7 Å². The van der Waals surface area contributed by atoms with Crippen LogP contribution >= 0.6 is 50.9 Å². The molecule has 3 aromatic rings. The number of halogens is 3. The van der Waals surface area contributed by atoms with Crippen LogP contribution in [-0.2, 0) is 16.1 Å². The van der Waals surface area contributed by atoms with Gasteiger partial charge in [0.1, 0.15) is 0 Å². The monoisotopic (exact) mass is 662 g/mol. The SMILES string of the molecule is CCOc1cc(/C=C2\SC(=O)N(Cc3ccc(Cl)c(Cl)c3)C2=O)cc(Br)c1OCC(=O)Nc1ccc(C)cc1C. The lowest BCUT2D eigenvalue weighted by atomic mass is 10.1. The zero-order valence-electron chi connectivity index (χ0n) is 21.8. The fraction of sp³-hybridized carbons (Fsp3) is 0.207. The van der Waals surface area contributed by atoms with E-state index < -0.39 is 5.91 Å². The zero-order chi connectivity index (χ0) is 29.0. The first-order valence-corrected chi connectivity index (χ1v) is 14.6. The molecule has 11 heteroatoms. The molecule has 0 aliphatic carbocycles. The van der Waals surface area contributed by atoms with Gasteiger partial charge in [-0.25, -0.2) is 0 Å². The third-order valence-electron chi connectivity index (χ3n) is 5.83. The summed E-state index contributed by atoms with van der Waals surface area (Å²) in [6, 6.07) is 14.2. The van der Waals surface area contributed by atoms with Gasteiger partial charge in [-0.2, -0.15) is 0 Å². The average Bonchev–Trinajstić information content (AvgIpc) is 3.14. The lowest BCUT2D eigenvalue weighted by Gasteiger charge is -2.15. The molecule has 1 aliphatic rings. The molecule has 1 N–H and O–H groups in total. The van der Waals surface area contributed by atoms with E-state index in [2.05, 4.69) is 21.2 Å². The lowest BCUT2D eigenvalue weighted by molar-refractivity contribution is -0.123. The highest BCUT2D eigenvalue weighted by Gasteiger charge is 2.35. The summed E-state index contributed by atoms with van der Waals surface area (Å²) in [4.78, 5) is 39.7. The van der Waals surface area contributed by atoms with Crippen molar-refractivity contribution in [2.75, 3.05) is 18.5 Å². The Morgan fingerprint density at radius 1 is 1.05 bits per heavy atom. The van der Waals surface area contributed by atoms with Gasteiger partial charge < -0.3 is 14.8 Å². The highest BCUT2D eigenvalue weighted by molar-refractivity contribution is 9.10. The van der Waals surface area contributed by atoms with E-state index in [-0.39, 0.29) is 29.2 Å². The van der Waals surface area contributed by atoms with Crippen molar-refractivity contribution in [3.63, 3.8) is 0 Å². The summed E-state index contributed by atoms with van der Waals surface area (Å²) in [6.45, 7) is 5.92. The number of carbonyl (C=O) groups is 3. The molecule has 0 radical (unpaired) electrons. The largest absolute Gasteiger partial charge is 0.490 e. The zero-order valence-corrected chi connectivity index (χ0v) is 25.8. The molecule has 1 heterocycles. The molecule has 0 aromatic heterocycles. The van der Waals surface area contributed by atoms with Crippen LogP contribution in [0.25, 0.3) is 6.08 Å². The number of imide groups is 1. The Bertz CT molecular complexity index is 1530. The first-order valence-electron chi connectivity index (χ1n) is 12.2. The lowest BCUT2D eigenvalue weighted by Crippen LogP contribution is -2.27. The molecule has 208 valence electrons. The fourth-order valence-electron chi connectivity index (χ4n) is 3.96. The number of hydrogen-bond donors (Lipinski definition) is 1. The average molecular weight is 664 g/mol. The maximum Gasteiger partial charge on any atom is 0.293 e. The molecule has 3 amide bonds. The van der Waals surface area contributed by atoms with Gasteiger partial charge in [0.25, 0.3) is 17.1 Å². The van der Waals surface area contributed by atoms with Gasteiger partial charge in [0.05, 0.1) is 32.6 Å². The number of ether oxygens (including phenoxy) is 2. The van der Waals surface area contributed by atoms with E-state index in [9.17, 15) is 14.4 Å². The first kappa shape index (κ1) is 30.0. The number of anilines is 1. The number of thioether (sulfide) groups is 1. The molecule has 1 fully saturated rings. The predicted octanol–water partition coefficient (Wildman–Crippen LogP) is 8.03. The highest BCUT2D eigenvalue weighted by atomic mass is 79.9. The molecule has 0 saturated carbocycles. The topological polar surface area (TPSA) is 84.9 Å². The normalized spacial score (nSPS) is 14.2. The van der Waals surface area contributed by atoms with E-state index in [1.54, 1.807) is 36.4 Å². The third-order valence-corrected chi connectivity index (χ3v) is 8.07. The number of amides is 3. The summed E-state index contributed by atoms with van der Waals surface area (Å²) >= 11 is 16.4. The van der Waals surface area contributed by atoms with E-state index in [1.807, 2.05) is 39.0 Å². The molecule has 40 heavy (non-hydrogen) atoms. The molecule has 3 aromatic carbocycles. The van der Waals surface area contributed by atoms with Crippen LogP contribution in [0.1, 0.15) is 29.2 Å². The highest BCUT2D eigenvalue weighted by Crippen LogP contribution is 2.40. The quantitative estimate of drug-likeness (QED) is 0.233. The molecule has 0 unspecified atom stereocenters. The van der Waals surface area contributed by atoms with E-state index in [1.165, 1.54) is 0 Å². The van der Waals surface area contributed by atoms with Crippen molar-refractivity contribution in [1.29, 1.82) is 0 Å². The number of benzene rings is 3. The van der Waals surface area contributed by atoms with Crippen LogP contribution in [0.5, 0.6) is 11.5 Å². The van der Waals surface area contributed by atoms with Crippen molar-refractivity contribution < 1.29 is 23.9 Å². The second kappa shape index (κ2) is 13.1. The maximum atomic E-state index is 13.1. The Morgan fingerprint density at radius 2 is 1.82 bits per heavy atom. The molecular formula is C29H25BrCl2N2O5S. The van der Waals surface area contributed by atoms with Crippen LogP contribution in [-0.4, -0.2) is 35.2 Å². The summed E-state index contributed by atoms with van der Waals surface area (Å²) in [5, 5.41) is 3.21. The molecule has 0 bridgehead atoms. The second-order valence-corrected chi connectivity index (χ2v) is 11.6. The Balaban J connectivity index is 1.49. The van der Waals surface area contributed by atoms with Gasteiger partial charge in [-0.05, 0) is 102 Å². The molecule has 1 saturated heterocycles. The first-order chi connectivity index (χ1) is 19.0. The van der Waals surface area contributed by atoms with Crippen molar-refractivity contribution in [2.24, 2.45) is 0 Å². The number of hydrogen-bond acceptors (Lipinski definition) is 6. The minimum atomic E-state index is -0.418. The van der Waals surface area contributed by atoms with E-state index in [0.717, 1.165) is 27.8 Å². The summed E-state index contributed by atoms with van der Waals surface area (Å²) in [6.07, 6.45) is 1.61. The number of nitrogens with one attached hydrogen (secondary N) is 1. The summed E-state index contributed by atoms with van der Waals surface area (Å²) in [5.74, 6) is -0.000413. The van der Waals surface area contributed by atoms with Crippen molar-refractivity contribution in [3.8, 4) is 11.5 Å². The molecule has 1 aliphatic heterocycles. The van der Waals surface area contributed by atoms with E-state index in [0.29, 0.717) is 49.4 Å². The standard InChI is InChI=1S/C29H25BrCl2N2O5S/c1-4-38-24-12-19(10-20(30)27(24)39-15-26(35)33-23-8-5-16(2)9-17(23)3)13-25-28(36)34(29(37)40-25)14-18-6-7-21(31)22(32)11-18/h5-13H,4,14-15H2,1-3H3,(H,33,35)/b25-13-. The maximum absolute atomic E-state index is 13.1. The van der Waals surface area contributed by atoms with Gasteiger partial charge in [0.15, 0.2) is 18.1 Å². The van der Waals surface area contributed by atoms with Crippen LogP contribution in [0, 0.1) is 13.8 Å². The fourth-order valence-corrected chi connectivity index (χ4v) is 5.69. The van der Waals surface area contributed by atoms with Crippen LogP contribution in [0.3, 0.4) is 0 Å². The van der Waals surface area contributed by atoms with Gasteiger partial charge in [-0.3, -0.25) is 19.3 Å². The summed E-state index contributed by atoms with van der Waals surface area (Å²) in [7, 11) is 0. The van der Waals surface area contributed by atoms with Gasteiger partial charge in [-0.1, -0.05) is 47.0 Å². The Morgan fingerprint density at radius 3 is 2.52 bits per heavy atom. The minimum absolute atomic E-state index is 0.0732. The number of rotatable bonds is 9. The smallest absolute Gasteiger partial charge is 0.293 e. The van der Waals surface area contributed by atoms with Gasteiger partial charge in [-0.15, -0.1) is 0 Å². The van der Waals surface area contributed by atoms with Crippen LogP contribution in [0.2, 0.25) is 10.0 Å². The molecule has 7 nitrogen and oxygen atoms in total. The summed E-state index contributed by atoms with van der Waals surface area (Å²) in [5.41, 5.74) is 4.07. The van der Waals surface area contributed by atoms with Crippen molar-refractivity contribution in [1.82, 2.24) is 4.90 Å².